The molecule has 5 nitrogen and oxygen atoms in total. The number of aromatic nitrogens is 3. The van der Waals surface area contributed by atoms with Crippen molar-refractivity contribution in [2.75, 3.05) is 0 Å². The Morgan fingerprint density at radius 1 is 1.62 bits per heavy atom. The van der Waals surface area contributed by atoms with Gasteiger partial charge in [-0.15, -0.1) is 0 Å². The molecule has 2 heterocycles. The molecule has 0 aliphatic heterocycles. The standard InChI is InChI=1S/C11H13N3O2/c1-7(11(15)16)6-9-13-10-8(14(9)2)4-3-5-12-10/h3-5,7H,6H2,1-2H3,(H,15,16). The number of hydrogen-bond donors (Lipinski definition) is 1. The van der Waals surface area contributed by atoms with Gasteiger partial charge in [0.1, 0.15) is 5.82 Å². The molecule has 1 unspecified atom stereocenters. The van der Waals surface area contributed by atoms with Crippen molar-refractivity contribution in [3.05, 3.63) is 24.2 Å². The molecule has 84 valence electrons. The Balaban J connectivity index is 2.38. The molecule has 16 heavy (non-hydrogen) atoms. The van der Waals surface area contributed by atoms with Crippen LogP contribution in [0, 0.1) is 5.92 Å². The molecule has 0 fully saturated rings. The number of aryl methyl sites for hydroxylation is 1. The number of rotatable bonds is 3. The van der Waals surface area contributed by atoms with Gasteiger partial charge in [-0.25, -0.2) is 9.97 Å². The Labute approximate surface area is 92.8 Å². The van der Waals surface area contributed by atoms with Crippen LogP contribution in [0.1, 0.15) is 12.7 Å². The fraction of sp³-hybridized carbons (Fsp3) is 0.364. The fourth-order valence-electron chi connectivity index (χ4n) is 1.62. The van der Waals surface area contributed by atoms with Crippen molar-refractivity contribution in [2.24, 2.45) is 13.0 Å². The summed E-state index contributed by atoms with van der Waals surface area (Å²) < 4.78 is 1.89. The number of carboxylic acid groups (broad SMARTS) is 1. The van der Waals surface area contributed by atoms with Gasteiger partial charge in [-0.05, 0) is 12.1 Å². The van der Waals surface area contributed by atoms with Gasteiger partial charge in [-0.2, -0.15) is 0 Å². The Hall–Kier alpha value is -1.91. The van der Waals surface area contributed by atoms with Gasteiger partial charge in [0.15, 0.2) is 5.65 Å². The highest BCUT2D eigenvalue weighted by molar-refractivity contribution is 5.72. The van der Waals surface area contributed by atoms with E-state index in [2.05, 4.69) is 9.97 Å². The second kappa shape index (κ2) is 3.92. The third kappa shape index (κ3) is 1.76. The van der Waals surface area contributed by atoms with E-state index in [1.54, 1.807) is 13.1 Å². The highest BCUT2D eigenvalue weighted by Crippen LogP contribution is 2.14. The number of imidazole rings is 1. The van der Waals surface area contributed by atoms with Gasteiger partial charge in [0.25, 0.3) is 0 Å². The Kier molecular flexibility index (Phi) is 2.60. The molecular formula is C11H13N3O2. The predicted octanol–water partition coefficient (Wildman–Crippen LogP) is 1.23. The monoisotopic (exact) mass is 219 g/mol. The summed E-state index contributed by atoms with van der Waals surface area (Å²) in [5.41, 5.74) is 1.59. The summed E-state index contributed by atoms with van der Waals surface area (Å²) in [6.07, 6.45) is 2.10. The zero-order chi connectivity index (χ0) is 11.7. The number of hydrogen-bond acceptors (Lipinski definition) is 3. The Morgan fingerprint density at radius 2 is 2.38 bits per heavy atom. The molecule has 0 amide bonds. The number of aliphatic carboxylic acids is 1. The summed E-state index contributed by atoms with van der Waals surface area (Å²) in [6, 6.07) is 3.76. The molecule has 1 atom stereocenters. The maximum atomic E-state index is 10.8. The second-order valence-electron chi connectivity index (χ2n) is 3.88. The maximum absolute atomic E-state index is 10.8. The van der Waals surface area contributed by atoms with E-state index in [1.807, 2.05) is 23.7 Å². The van der Waals surface area contributed by atoms with Crippen LogP contribution in [0.5, 0.6) is 0 Å². The van der Waals surface area contributed by atoms with Crippen LogP contribution in [0.4, 0.5) is 0 Å². The molecule has 0 radical (unpaired) electrons. The van der Waals surface area contributed by atoms with Crippen LogP contribution in [0.2, 0.25) is 0 Å². The van der Waals surface area contributed by atoms with E-state index in [-0.39, 0.29) is 0 Å². The normalized spacial score (nSPS) is 12.9. The lowest BCUT2D eigenvalue weighted by Gasteiger charge is -2.05. The summed E-state index contributed by atoms with van der Waals surface area (Å²) in [4.78, 5) is 19.2. The van der Waals surface area contributed by atoms with Gasteiger partial charge < -0.3 is 9.67 Å². The van der Waals surface area contributed by atoms with Crippen LogP contribution in [-0.4, -0.2) is 25.6 Å². The molecule has 5 heteroatoms. The van der Waals surface area contributed by atoms with Crippen molar-refractivity contribution in [1.29, 1.82) is 0 Å². The van der Waals surface area contributed by atoms with Gasteiger partial charge in [0.2, 0.25) is 0 Å². The van der Waals surface area contributed by atoms with Gasteiger partial charge in [0, 0.05) is 19.7 Å². The average Bonchev–Trinajstić information content (AvgIpc) is 2.56. The first-order valence-corrected chi connectivity index (χ1v) is 5.08. The lowest BCUT2D eigenvalue weighted by Crippen LogP contribution is -2.14. The molecule has 0 saturated carbocycles. The van der Waals surface area contributed by atoms with Crippen molar-refractivity contribution < 1.29 is 9.90 Å². The van der Waals surface area contributed by atoms with Crippen molar-refractivity contribution >= 4 is 17.1 Å². The largest absolute Gasteiger partial charge is 0.481 e. The number of fused-ring (bicyclic) bond motifs is 1. The predicted molar refractivity (Wildman–Crippen MR) is 59.0 cm³/mol. The molecule has 0 aliphatic carbocycles. The molecule has 0 saturated heterocycles. The molecule has 0 aromatic carbocycles. The van der Waals surface area contributed by atoms with Crippen LogP contribution in [0.15, 0.2) is 18.3 Å². The molecule has 2 rings (SSSR count). The summed E-state index contributed by atoms with van der Waals surface area (Å²) >= 11 is 0. The fourth-order valence-corrected chi connectivity index (χ4v) is 1.62. The number of carbonyl (C=O) groups is 1. The van der Waals surface area contributed by atoms with Gasteiger partial charge >= 0.3 is 5.97 Å². The minimum Gasteiger partial charge on any atom is -0.481 e. The summed E-state index contributed by atoms with van der Waals surface area (Å²) in [6.45, 7) is 1.68. The van der Waals surface area contributed by atoms with Crippen molar-refractivity contribution in [2.45, 2.75) is 13.3 Å². The van der Waals surface area contributed by atoms with Gasteiger partial charge in [-0.1, -0.05) is 6.92 Å². The topological polar surface area (TPSA) is 68.0 Å². The highest BCUT2D eigenvalue weighted by Gasteiger charge is 2.16. The van der Waals surface area contributed by atoms with Crippen molar-refractivity contribution in [3.63, 3.8) is 0 Å². The van der Waals surface area contributed by atoms with Gasteiger partial charge in [-0.3, -0.25) is 4.79 Å². The molecule has 0 aliphatic rings. The summed E-state index contributed by atoms with van der Waals surface area (Å²) in [7, 11) is 1.88. The minimum atomic E-state index is -0.806. The average molecular weight is 219 g/mol. The maximum Gasteiger partial charge on any atom is 0.306 e. The van der Waals surface area contributed by atoms with Crippen molar-refractivity contribution in [3.8, 4) is 0 Å². The lowest BCUT2D eigenvalue weighted by atomic mass is 10.1. The van der Waals surface area contributed by atoms with Crippen LogP contribution >= 0.6 is 0 Å². The van der Waals surface area contributed by atoms with Crippen LogP contribution in [0.3, 0.4) is 0 Å². The Bertz CT molecular complexity index is 533. The molecule has 0 bridgehead atoms. The SMILES string of the molecule is CC(Cc1nc2ncccc2n1C)C(=O)O. The minimum absolute atomic E-state index is 0.419. The number of carboxylic acids is 1. The van der Waals surface area contributed by atoms with E-state index in [0.717, 1.165) is 11.3 Å². The Morgan fingerprint density at radius 3 is 3.00 bits per heavy atom. The van der Waals surface area contributed by atoms with E-state index in [9.17, 15) is 4.79 Å². The molecule has 2 aromatic heterocycles. The van der Waals surface area contributed by atoms with E-state index in [0.29, 0.717) is 12.1 Å². The third-order valence-corrected chi connectivity index (χ3v) is 2.66. The zero-order valence-electron chi connectivity index (χ0n) is 9.21. The van der Waals surface area contributed by atoms with E-state index in [4.69, 9.17) is 5.11 Å². The van der Waals surface area contributed by atoms with E-state index < -0.39 is 11.9 Å². The highest BCUT2D eigenvalue weighted by atomic mass is 16.4. The first-order chi connectivity index (χ1) is 7.59. The zero-order valence-corrected chi connectivity index (χ0v) is 9.21. The van der Waals surface area contributed by atoms with Crippen LogP contribution in [0.25, 0.3) is 11.2 Å². The second-order valence-corrected chi connectivity index (χ2v) is 3.88. The number of nitrogens with zero attached hydrogens (tertiary/aromatic N) is 3. The first kappa shape index (κ1) is 10.6. The lowest BCUT2D eigenvalue weighted by molar-refractivity contribution is -0.141. The smallest absolute Gasteiger partial charge is 0.306 e. The third-order valence-electron chi connectivity index (χ3n) is 2.66. The molecule has 2 aromatic rings. The van der Waals surface area contributed by atoms with E-state index >= 15 is 0 Å². The van der Waals surface area contributed by atoms with E-state index in [1.165, 1.54) is 0 Å². The van der Waals surface area contributed by atoms with Crippen LogP contribution < -0.4 is 0 Å². The van der Waals surface area contributed by atoms with Crippen LogP contribution in [-0.2, 0) is 18.3 Å². The van der Waals surface area contributed by atoms with Gasteiger partial charge in [0.05, 0.1) is 11.4 Å². The summed E-state index contributed by atoms with van der Waals surface area (Å²) in [5.74, 6) is -0.487. The number of pyridine rings is 1. The molecule has 0 spiro atoms. The first-order valence-electron chi connectivity index (χ1n) is 5.08. The van der Waals surface area contributed by atoms with Crippen molar-refractivity contribution in [1.82, 2.24) is 14.5 Å². The molecular weight excluding hydrogens is 206 g/mol. The molecule has 1 N–H and O–H groups in total. The summed E-state index contributed by atoms with van der Waals surface area (Å²) in [5, 5.41) is 8.86. The quantitative estimate of drug-likeness (QED) is 0.843.